The zero-order chi connectivity index (χ0) is 23.7. The number of amides is 1. The molecule has 0 radical (unpaired) electrons. The van der Waals surface area contributed by atoms with Crippen molar-refractivity contribution in [2.75, 3.05) is 13.7 Å². The average Bonchev–Trinajstić information content (AvgIpc) is 2.77. The van der Waals surface area contributed by atoms with E-state index in [4.69, 9.17) is 26.5 Å². The molecule has 0 aromatic heterocycles. The van der Waals surface area contributed by atoms with Gasteiger partial charge in [-0.3, -0.25) is 10.2 Å². The summed E-state index contributed by atoms with van der Waals surface area (Å²) in [6, 6.07) is 11.6. The molecular weight excluding hydrogens is 440 g/mol. The van der Waals surface area contributed by atoms with Gasteiger partial charge in [0.1, 0.15) is 29.2 Å². The molecule has 11 heteroatoms. The summed E-state index contributed by atoms with van der Waals surface area (Å²) in [5.41, 5.74) is 10.9. The summed E-state index contributed by atoms with van der Waals surface area (Å²) < 4.78 is 33.2. The van der Waals surface area contributed by atoms with Gasteiger partial charge in [-0.1, -0.05) is 42.1 Å². The number of guanidine groups is 1. The van der Waals surface area contributed by atoms with Crippen LogP contribution in [0, 0.1) is 17.0 Å². The van der Waals surface area contributed by atoms with Crippen LogP contribution in [0.15, 0.2) is 53.7 Å². The van der Waals surface area contributed by atoms with Crippen LogP contribution in [0.4, 0.5) is 8.78 Å². The third kappa shape index (κ3) is 6.66. The smallest absolute Gasteiger partial charge is 0.250 e. The summed E-state index contributed by atoms with van der Waals surface area (Å²) >= 11 is 0.834. The number of oxime groups is 1. The first-order chi connectivity index (χ1) is 15.2. The second-order valence-electron chi connectivity index (χ2n) is 6.71. The first kappa shape index (κ1) is 25.1. The number of nitrogens with zero attached hydrogens (tertiary/aromatic N) is 1. The highest BCUT2D eigenvalue weighted by Crippen LogP contribution is 2.40. The molecule has 2 aromatic rings. The largest absolute Gasteiger partial charge is 0.393 e. The molecular formula is C21H25F2N5O3S. The molecule has 1 amide bonds. The molecule has 2 atom stereocenters. The lowest BCUT2D eigenvalue weighted by molar-refractivity contribution is -0.131. The minimum atomic E-state index is -1.31. The molecule has 0 spiro atoms. The van der Waals surface area contributed by atoms with Crippen LogP contribution >= 0.6 is 11.8 Å². The van der Waals surface area contributed by atoms with E-state index >= 15 is 0 Å². The molecule has 8 nitrogen and oxygen atoms in total. The Balaban J connectivity index is 2.49. The Kier molecular flexibility index (Phi) is 8.97. The van der Waals surface area contributed by atoms with Crippen LogP contribution in [-0.4, -0.2) is 36.7 Å². The number of nitrogens with two attached hydrogens (primary N) is 2. The summed E-state index contributed by atoms with van der Waals surface area (Å²) in [4.78, 5) is 16.6. The summed E-state index contributed by atoms with van der Waals surface area (Å²) in [5.74, 6) is -2.21. The Hall–Kier alpha value is -3.18. The lowest BCUT2D eigenvalue weighted by Gasteiger charge is -2.35. The Bertz CT molecular complexity index is 973. The van der Waals surface area contributed by atoms with Crippen LogP contribution in [0.25, 0.3) is 0 Å². The van der Waals surface area contributed by atoms with E-state index < -0.39 is 28.5 Å². The zero-order valence-electron chi connectivity index (χ0n) is 17.6. The highest BCUT2D eigenvalue weighted by Gasteiger charge is 2.38. The van der Waals surface area contributed by atoms with Gasteiger partial charge in [-0.25, -0.2) is 8.78 Å². The van der Waals surface area contributed by atoms with Gasteiger partial charge >= 0.3 is 0 Å². The first-order valence-electron chi connectivity index (χ1n) is 9.52. The van der Waals surface area contributed by atoms with Gasteiger partial charge < -0.3 is 26.4 Å². The molecule has 0 fully saturated rings. The number of hydrogen-bond acceptors (Lipinski definition) is 6. The fraction of sp³-hybridized carbons (Fsp3) is 0.286. The van der Waals surface area contributed by atoms with E-state index in [-0.39, 0.29) is 29.6 Å². The number of methoxy groups -OCH3 is 1. The number of benzene rings is 2. The maximum Gasteiger partial charge on any atom is 0.250 e. The van der Waals surface area contributed by atoms with E-state index in [9.17, 15) is 13.6 Å². The van der Waals surface area contributed by atoms with Gasteiger partial charge in [0, 0.05) is 19.1 Å². The van der Waals surface area contributed by atoms with Crippen LogP contribution < -0.4 is 16.8 Å². The van der Waals surface area contributed by atoms with Crippen molar-refractivity contribution in [3.63, 3.8) is 0 Å². The Morgan fingerprint density at radius 1 is 1.25 bits per heavy atom. The van der Waals surface area contributed by atoms with Crippen molar-refractivity contribution in [3.05, 3.63) is 71.3 Å². The third-order valence-corrected chi connectivity index (χ3v) is 5.77. The number of carbonyl (C=O) groups is 1. The summed E-state index contributed by atoms with van der Waals surface area (Å²) in [6.45, 7) is 1.50. The van der Waals surface area contributed by atoms with Crippen LogP contribution in [0.5, 0.6) is 0 Å². The quantitative estimate of drug-likeness (QED) is 0.140. The van der Waals surface area contributed by atoms with Gasteiger partial charge in [0.15, 0.2) is 0 Å². The molecule has 2 rings (SSSR count). The van der Waals surface area contributed by atoms with Crippen molar-refractivity contribution in [1.29, 1.82) is 5.41 Å². The summed E-state index contributed by atoms with van der Waals surface area (Å²) in [5, 5.41) is 14.5. The van der Waals surface area contributed by atoms with Gasteiger partial charge in [-0.05, 0) is 35.8 Å². The second kappa shape index (κ2) is 11.4. The van der Waals surface area contributed by atoms with Crippen molar-refractivity contribution in [2.24, 2.45) is 16.6 Å². The highest BCUT2D eigenvalue weighted by atomic mass is 32.2. The number of rotatable bonds is 10. The van der Waals surface area contributed by atoms with Gasteiger partial charge in [0.05, 0.1) is 5.04 Å². The van der Waals surface area contributed by atoms with E-state index in [0.29, 0.717) is 5.56 Å². The fourth-order valence-corrected chi connectivity index (χ4v) is 3.95. The maximum absolute atomic E-state index is 14.3. The molecule has 0 aliphatic rings. The molecule has 172 valence electrons. The topological polar surface area (TPSA) is 136 Å². The van der Waals surface area contributed by atoms with Crippen molar-refractivity contribution >= 4 is 28.7 Å². The zero-order valence-corrected chi connectivity index (χ0v) is 18.4. The van der Waals surface area contributed by atoms with E-state index in [0.717, 1.165) is 30.0 Å². The maximum atomic E-state index is 14.3. The predicted octanol–water partition coefficient (Wildman–Crippen LogP) is 2.62. The van der Waals surface area contributed by atoms with Crippen molar-refractivity contribution in [3.8, 4) is 0 Å². The predicted molar refractivity (Wildman–Crippen MR) is 120 cm³/mol. The van der Waals surface area contributed by atoms with Crippen molar-refractivity contribution < 1.29 is 23.1 Å². The lowest BCUT2D eigenvalue weighted by atomic mass is 10.0. The van der Waals surface area contributed by atoms with Crippen LogP contribution in [0.2, 0.25) is 0 Å². The van der Waals surface area contributed by atoms with Crippen LogP contribution in [0.3, 0.4) is 0 Å². The van der Waals surface area contributed by atoms with Gasteiger partial charge in [-0.15, -0.1) is 0 Å². The molecule has 0 saturated heterocycles. The third-order valence-electron chi connectivity index (χ3n) is 4.45. The van der Waals surface area contributed by atoms with Gasteiger partial charge in [0.2, 0.25) is 11.9 Å². The Labute approximate surface area is 188 Å². The number of halogens is 2. The van der Waals surface area contributed by atoms with E-state index in [1.807, 2.05) is 0 Å². The SMILES string of the molecule is CO[C@@H](C)C(=O)N[C@@](CCON=C(N)N)(SC(=N)c1cc(F)ccc1F)c1ccccc1. The molecule has 0 unspecified atom stereocenters. The standard InChI is InChI=1S/C21H25F2N5O3S/c1-13(30-2)19(29)27-21(10-11-31-28-20(25)26,14-6-4-3-5-7-14)32-18(24)16-12-15(22)8-9-17(16)23/h3-9,12-13,24H,10-11H2,1-2H3,(H,27,29)(H4,25,26,28)/t13-,21-/m0/s1. The number of ether oxygens (including phenoxy) is 1. The molecule has 0 bridgehead atoms. The Morgan fingerprint density at radius 3 is 2.56 bits per heavy atom. The summed E-state index contributed by atoms with van der Waals surface area (Å²) in [6.07, 6.45) is -0.725. The Morgan fingerprint density at radius 2 is 1.94 bits per heavy atom. The summed E-state index contributed by atoms with van der Waals surface area (Å²) in [7, 11) is 1.38. The second-order valence-corrected chi connectivity index (χ2v) is 8.02. The van der Waals surface area contributed by atoms with Crippen LogP contribution in [0.1, 0.15) is 24.5 Å². The molecule has 2 aromatic carbocycles. The fourth-order valence-electron chi connectivity index (χ4n) is 2.74. The number of thioether (sulfide) groups is 1. The van der Waals surface area contributed by atoms with E-state index in [1.54, 1.807) is 37.3 Å². The van der Waals surface area contributed by atoms with E-state index in [2.05, 4.69) is 10.5 Å². The highest BCUT2D eigenvalue weighted by molar-refractivity contribution is 8.15. The van der Waals surface area contributed by atoms with Gasteiger partial charge in [0.25, 0.3) is 0 Å². The molecule has 6 N–H and O–H groups in total. The van der Waals surface area contributed by atoms with E-state index in [1.165, 1.54) is 7.11 Å². The minimum Gasteiger partial charge on any atom is -0.393 e. The van der Waals surface area contributed by atoms with Gasteiger partial charge in [-0.2, -0.15) is 0 Å². The monoisotopic (exact) mass is 465 g/mol. The van der Waals surface area contributed by atoms with Crippen molar-refractivity contribution in [2.45, 2.75) is 24.3 Å². The van der Waals surface area contributed by atoms with Crippen molar-refractivity contribution in [1.82, 2.24) is 5.32 Å². The molecule has 32 heavy (non-hydrogen) atoms. The number of nitrogens with one attached hydrogen (secondary N) is 2. The van der Waals surface area contributed by atoms with Crippen LogP contribution in [-0.2, 0) is 19.2 Å². The normalized spacial score (nSPS) is 13.5. The molecule has 0 aliphatic carbocycles. The lowest BCUT2D eigenvalue weighted by Crippen LogP contribution is -2.48. The number of carbonyl (C=O) groups excluding carboxylic acids is 1. The average molecular weight is 466 g/mol. The molecule has 0 heterocycles. The first-order valence-corrected chi connectivity index (χ1v) is 10.3. The number of hydrogen-bond donors (Lipinski definition) is 4. The molecule has 0 saturated carbocycles. The minimum absolute atomic E-state index is 0.0552. The molecule has 0 aliphatic heterocycles.